The molecule has 0 rings (SSSR count). The minimum absolute atomic E-state index is 0. The van der Waals surface area contributed by atoms with E-state index in [-0.39, 0.29) is 36.0 Å². The number of carbonyl (C=O) groups excluding carboxylic acids is 1. The number of rotatable bonds is 15. The maximum atomic E-state index is 10.2. The van der Waals surface area contributed by atoms with E-state index in [4.69, 9.17) is 0 Å². The fraction of sp³-hybridized carbons (Fsp3) is 0.833. The molecule has 0 bridgehead atoms. The Balaban J connectivity index is 0. The number of carboxylic acids is 1. The molecule has 0 saturated heterocycles. The second kappa shape index (κ2) is 20.2. The van der Waals surface area contributed by atoms with Crippen molar-refractivity contribution in [2.24, 2.45) is 0 Å². The number of allylic oxidation sites excluding steroid dienone is 2. The topological polar surface area (TPSA) is 40.1 Å². The van der Waals surface area contributed by atoms with E-state index < -0.39 is 5.97 Å². The number of aliphatic carboxylic acids is 1. The Kier molecular flexibility index (Phi) is 22.6. The SMILES string of the molecule is CCCCCCCCC=CCCCCCCCC(=O)[O-].[Na+]. The molecule has 0 N–H and O–H groups in total. The molecular weight excluding hydrogens is 271 g/mol. The first-order valence-corrected chi connectivity index (χ1v) is 8.62. The van der Waals surface area contributed by atoms with E-state index >= 15 is 0 Å². The zero-order chi connectivity index (χ0) is 14.9. The van der Waals surface area contributed by atoms with Gasteiger partial charge in [0.2, 0.25) is 0 Å². The Hall–Kier alpha value is 0.210. The Morgan fingerprint density at radius 2 is 1.19 bits per heavy atom. The first-order valence-electron chi connectivity index (χ1n) is 8.62. The monoisotopic (exact) mass is 304 g/mol. The molecule has 21 heavy (non-hydrogen) atoms. The van der Waals surface area contributed by atoms with Gasteiger partial charge < -0.3 is 9.90 Å². The Labute approximate surface area is 154 Å². The van der Waals surface area contributed by atoms with E-state index in [0.717, 1.165) is 19.3 Å². The Morgan fingerprint density at radius 1 is 0.762 bits per heavy atom. The van der Waals surface area contributed by atoms with E-state index in [1.807, 2.05) is 0 Å². The van der Waals surface area contributed by atoms with E-state index in [1.165, 1.54) is 64.2 Å². The summed E-state index contributed by atoms with van der Waals surface area (Å²) in [7, 11) is 0. The van der Waals surface area contributed by atoms with Gasteiger partial charge in [-0.25, -0.2) is 0 Å². The van der Waals surface area contributed by atoms with Crippen LogP contribution in [-0.4, -0.2) is 5.97 Å². The van der Waals surface area contributed by atoms with Gasteiger partial charge in [-0.2, -0.15) is 0 Å². The van der Waals surface area contributed by atoms with Crippen LogP contribution in [0.25, 0.3) is 0 Å². The van der Waals surface area contributed by atoms with Gasteiger partial charge in [0.1, 0.15) is 0 Å². The largest absolute Gasteiger partial charge is 1.00 e. The summed E-state index contributed by atoms with van der Waals surface area (Å²) in [6, 6.07) is 0. The molecule has 3 heteroatoms. The van der Waals surface area contributed by atoms with Crippen LogP contribution >= 0.6 is 0 Å². The normalized spacial score (nSPS) is 10.7. The molecule has 0 aliphatic carbocycles. The number of carbonyl (C=O) groups is 1. The van der Waals surface area contributed by atoms with Crippen LogP contribution in [0.5, 0.6) is 0 Å². The summed E-state index contributed by atoms with van der Waals surface area (Å²) in [6.45, 7) is 2.26. The maximum Gasteiger partial charge on any atom is 1.00 e. The number of unbranched alkanes of at least 4 members (excludes halogenated alkanes) is 11. The minimum Gasteiger partial charge on any atom is -0.550 e. The van der Waals surface area contributed by atoms with Gasteiger partial charge in [0, 0.05) is 5.97 Å². The van der Waals surface area contributed by atoms with Crippen LogP contribution in [-0.2, 0) is 4.79 Å². The van der Waals surface area contributed by atoms with E-state index in [2.05, 4.69) is 19.1 Å². The van der Waals surface area contributed by atoms with Crippen molar-refractivity contribution in [2.75, 3.05) is 0 Å². The average molecular weight is 304 g/mol. The minimum atomic E-state index is -0.914. The fourth-order valence-corrected chi connectivity index (χ4v) is 2.34. The van der Waals surface area contributed by atoms with Crippen LogP contribution in [0.4, 0.5) is 0 Å². The van der Waals surface area contributed by atoms with E-state index in [9.17, 15) is 9.90 Å². The van der Waals surface area contributed by atoms with Gasteiger partial charge in [0.15, 0.2) is 0 Å². The molecule has 0 amide bonds. The van der Waals surface area contributed by atoms with Crippen molar-refractivity contribution < 1.29 is 39.5 Å². The molecule has 0 aromatic heterocycles. The predicted octanol–water partition coefficient (Wildman–Crippen LogP) is 1.78. The molecule has 0 fully saturated rings. The van der Waals surface area contributed by atoms with Gasteiger partial charge in [0.25, 0.3) is 0 Å². The van der Waals surface area contributed by atoms with Crippen molar-refractivity contribution in [3.8, 4) is 0 Å². The summed E-state index contributed by atoms with van der Waals surface area (Å²) < 4.78 is 0. The van der Waals surface area contributed by atoms with Crippen molar-refractivity contribution in [3.63, 3.8) is 0 Å². The molecule has 0 saturated carbocycles. The maximum absolute atomic E-state index is 10.2. The molecule has 0 aromatic rings. The predicted molar refractivity (Wildman–Crippen MR) is 84.5 cm³/mol. The third-order valence-electron chi connectivity index (χ3n) is 3.64. The zero-order valence-electron chi connectivity index (χ0n) is 14.4. The van der Waals surface area contributed by atoms with Crippen LogP contribution in [0.3, 0.4) is 0 Å². The molecule has 2 nitrogen and oxygen atoms in total. The van der Waals surface area contributed by atoms with E-state index in [1.54, 1.807) is 0 Å². The third kappa shape index (κ3) is 22.6. The van der Waals surface area contributed by atoms with Crippen LogP contribution in [0.1, 0.15) is 96.8 Å². The Bertz CT molecular complexity index is 239. The molecule has 0 radical (unpaired) electrons. The van der Waals surface area contributed by atoms with Crippen molar-refractivity contribution in [2.45, 2.75) is 96.8 Å². The molecule has 0 atom stereocenters. The van der Waals surface area contributed by atoms with Crippen molar-refractivity contribution in [3.05, 3.63) is 12.2 Å². The third-order valence-corrected chi connectivity index (χ3v) is 3.64. The first-order chi connectivity index (χ1) is 9.77. The number of hydrogen-bond donors (Lipinski definition) is 0. The molecule has 0 unspecified atom stereocenters. The number of hydrogen-bond acceptors (Lipinski definition) is 2. The second-order valence-corrected chi connectivity index (χ2v) is 5.71. The molecule has 0 aliphatic rings. The smallest absolute Gasteiger partial charge is 0.550 e. The zero-order valence-corrected chi connectivity index (χ0v) is 16.4. The van der Waals surface area contributed by atoms with Crippen LogP contribution in [0, 0.1) is 0 Å². The van der Waals surface area contributed by atoms with Crippen LogP contribution < -0.4 is 34.7 Å². The van der Waals surface area contributed by atoms with E-state index in [0.29, 0.717) is 0 Å². The summed E-state index contributed by atoms with van der Waals surface area (Å²) in [5.41, 5.74) is 0. The standard InChI is InChI=1S/C18H34O2.Na/c1-2-3-4-5-6-7-8-9-10-11-12-13-14-15-16-17-18(19)20;/h9-10H,2-8,11-17H2,1H3,(H,19,20);/q;+1/p-1. The fourth-order valence-electron chi connectivity index (χ4n) is 2.34. The van der Waals surface area contributed by atoms with Gasteiger partial charge in [-0.15, -0.1) is 0 Å². The quantitative estimate of drug-likeness (QED) is 0.263. The van der Waals surface area contributed by atoms with Crippen LogP contribution in [0.2, 0.25) is 0 Å². The van der Waals surface area contributed by atoms with Gasteiger partial charge >= 0.3 is 29.6 Å². The Morgan fingerprint density at radius 3 is 1.67 bits per heavy atom. The summed E-state index contributed by atoms with van der Waals surface area (Å²) in [5, 5.41) is 10.2. The molecule has 0 aromatic carbocycles. The molecule has 0 spiro atoms. The van der Waals surface area contributed by atoms with Gasteiger partial charge in [-0.1, -0.05) is 70.4 Å². The van der Waals surface area contributed by atoms with Gasteiger partial charge in [0.05, 0.1) is 0 Å². The van der Waals surface area contributed by atoms with Crippen molar-refractivity contribution in [1.82, 2.24) is 0 Å². The van der Waals surface area contributed by atoms with Crippen molar-refractivity contribution >= 4 is 5.97 Å². The second-order valence-electron chi connectivity index (χ2n) is 5.71. The summed E-state index contributed by atoms with van der Waals surface area (Å²) >= 11 is 0. The number of carboxylic acid groups (broad SMARTS) is 1. The van der Waals surface area contributed by atoms with Gasteiger partial charge in [-0.05, 0) is 38.5 Å². The van der Waals surface area contributed by atoms with Crippen LogP contribution in [0.15, 0.2) is 12.2 Å². The average Bonchev–Trinajstić information content (AvgIpc) is 2.43. The first kappa shape index (κ1) is 23.5. The molecule has 118 valence electrons. The summed E-state index contributed by atoms with van der Waals surface area (Å²) in [5.74, 6) is -0.914. The molecule has 0 aliphatic heterocycles. The van der Waals surface area contributed by atoms with Crippen molar-refractivity contribution in [1.29, 1.82) is 0 Å². The molecular formula is C18H33NaO2. The molecule has 0 heterocycles. The summed E-state index contributed by atoms with van der Waals surface area (Å²) in [4.78, 5) is 10.2. The summed E-state index contributed by atoms with van der Waals surface area (Å²) in [6.07, 6.45) is 20.9. The van der Waals surface area contributed by atoms with Gasteiger partial charge in [-0.3, -0.25) is 0 Å².